The van der Waals surface area contributed by atoms with Crippen LogP contribution in [-0.2, 0) is 4.74 Å². The van der Waals surface area contributed by atoms with Gasteiger partial charge in [0.1, 0.15) is 0 Å². The van der Waals surface area contributed by atoms with Gasteiger partial charge in [-0.15, -0.1) is 0 Å². The van der Waals surface area contributed by atoms with Crippen LogP contribution in [-0.4, -0.2) is 18.9 Å². The fourth-order valence-corrected chi connectivity index (χ4v) is 1.48. The van der Waals surface area contributed by atoms with E-state index in [9.17, 15) is 9.59 Å². The highest BCUT2D eigenvalue weighted by Gasteiger charge is 2.13. The number of rotatable bonds is 3. The second kappa shape index (κ2) is 4.73. The average Bonchev–Trinajstić information content (AvgIpc) is 2.18. The molecule has 0 bridgehead atoms. The Hall–Kier alpha value is -1.64. The van der Waals surface area contributed by atoms with Crippen LogP contribution >= 0.6 is 0 Å². The first-order chi connectivity index (χ1) is 7.11. The summed E-state index contributed by atoms with van der Waals surface area (Å²) in [6, 6.07) is 3.44. The van der Waals surface area contributed by atoms with E-state index in [1.807, 2.05) is 6.92 Å². The summed E-state index contributed by atoms with van der Waals surface area (Å²) in [5, 5.41) is 0. The van der Waals surface area contributed by atoms with Crippen molar-refractivity contribution in [3.8, 4) is 0 Å². The molecular weight excluding hydrogens is 192 g/mol. The van der Waals surface area contributed by atoms with Gasteiger partial charge in [-0.1, -0.05) is 6.07 Å². The summed E-state index contributed by atoms with van der Waals surface area (Å²) < 4.78 is 4.89. The zero-order chi connectivity index (χ0) is 11.4. The van der Waals surface area contributed by atoms with Crippen molar-refractivity contribution in [3.05, 3.63) is 34.4 Å². The maximum atomic E-state index is 11.5. The second-order valence-electron chi connectivity index (χ2n) is 3.31. The van der Waals surface area contributed by atoms with Crippen molar-refractivity contribution in [2.24, 2.45) is 0 Å². The van der Waals surface area contributed by atoms with Crippen molar-refractivity contribution >= 4 is 12.3 Å². The molecule has 0 saturated heterocycles. The smallest absolute Gasteiger partial charge is 0.338 e. The van der Waals surface area contributed by atoms with Crippen LogP contribution in [0.15, 0.2) is 12.1 Å². The zero-order valence-electron chi connectivity index (χ0n) is 9.16. The molecule has 15 heavy (non-hydrogen) atoms. The van der Waals surface area contributed by atoms with Crippen molar-refractivity contribution in [1.82, 2.24) is 0 Å². The third kappa shape index (κ3) is 2.24. The van der Waals surface area contributed by atoms with E-state index in [0.717, 1.165) is 11.8 Å². The Morgan fingerprint density at radius 2 is 2.07 bits per heavy atom. The summed E-state index contributed by atoms with van der Waals surface area (Å²) in [5.41, 5.74) is 2.59. The first-order valence-electron chi connectivity index (χ1n) is 4.84. The van der Waals surface area contributed by atoms with Crippen molar-refractivity contribution in [2.75, 3.05) is 6.61 Å². The molecule has 80 valence electrons. The van der Waals surface area contributed by atoms with Crippen molar-refractivity contribution in [3.63, 3.8) is 0 Å². The predicted octanol–water partition coefficient (Wildman–Crippen LogP) is 2.29. The highest BCUT2D eigenvalue weighted by atomic mass is 16.5. The summed E-state index contributed by atoms with van der Waals surface area (Å²) in [4.78, 5) is 22.3. The molecule has 0 aromatic heterocycles. The van der Waals surface area contributed by atoms with Crippen LogP contribution in [0.1, 0.15) is 38.8 Å². The number of aryl methyl sites for hydroxylation is 1. The molecule has 3 nitrogen and oxygen atoms in total. The van der Waals surface area contributed by atoms with E-state index in [1.54, 1.807) is 26.0 Å². The van der Waals surface area contributed by atoms with Crippen LogP contribution < -0.4 is 0 Å². The largest absolute Gasteiger partial charge is 0.462 e. The van der Waals surface area contributed by atoms with Gasteiger partial charge in [0.05, 0.1) is 12.2 Å². The molecule has 0 saturated carbocycles. The number of benzene rings is 1. The zero-order valence-corrected chi connectivity index (χ0v) is 9.16. The van der Waals surface area contributed by atoms with Gasteiger partial charge in [0.15, 0.2) is 6.29 Å². The van der Waals surface area contributed by atoms with Crippen molar-refractivity contribution in [1.29, 1.82) is 0 Å². The number of ether oxygens (including phenoxy) is 1. The van der Waals surface area contributed by atoms with Gasteiger partial charge in [0, 0.05) is 5.56 Å². The standard InChI is InChI=1S/C12H14O3/c1-4-15-12(14)10-6-5-8(2)11(7-13)9(10)3/h5-7H,4H2,1-3H3. The number of hydrogen-bond acceptors (Lipinski definition) is 3. The molecule has 0 heterocycles. The molecule has 3 heteroatoms. The van der Waals surface area contributed by atoms with Gasteiger partial charge in [0.2, 0.25) is 0 Å². The summed E-state index contributed by atoms with van der Waals surface area (Å²) in [5.74, 6) is -0.377. The fourth-order valence-electron chi connectivity index (χ4n) is 1.48. The van der Waals surface area contributed by atoms with Gasteiger partial charge in [-0.3, -0.25) is 4.79 Å². The number of aldehydes is 1. The van der Waals surface area contributed by atoms with Crippen LogP contribution in [0.2, 0.25) is 0 Å². The van der Waals surface area contributed by atoms with Crippen LogP contribution in [0.3, 0.4) is 0 Å². The molecule has 0 amide bonds. The molecule has 1 aromatic rings. The highest BCUT2D eigenvalue weighted by molar-refractivity contribution is 5.94. The quantitative estimate of drug-likeness (QED) is 0.563. The lowest BCUT2D eigenvalue weighted by Gasteiger charge is -2.09. The minimum absolute atomic E-state index is 0.336. The van der Waals surface area contributed by atoms with Crippen molar-refractivity contribution < 1.29 is 14.3 Å². The SMILES string of the molecule is CCOC(=O)c1ccc(C)c(C=O)c1C. The first-order valence-corrected chi connectivity index (χ1v) is 4.84. The molecule has 0 unspecified atom stereocenters. The lowest BCUT2D eigenvalue weighted by molar-refractivity contribution is 0.0525. The Kier molecular flexibility index (Phi) is 3.61. The monoisotopic (exact) mass is 206 g/mol. The summed E-state index contributed by atoms with van der Waals surface area (Å²) in [6.45, 7) is 5.68. The predicted molar refractivity (Wildman–Crippen MR) is 57.3 cm³/mol. The number of esters is 1. The third-order valence-electron chi connectivity index (χ3n) is 2.35. The molecule has 1 aromatic carbocycles. The Morgan fingerprint density at radius 1 is 1.40 bits per heavy atom. The van der Waals surface area contributed by atoms with E-state index in [4.69, 9.17) is 4.74 Å². The Balaban J connectivity index is 3.21. The molecule has 0 atom stereocenters. The molecule has 0 aliphatic rings. The topological polar surface area (TPSA) is 43.4 Å². The summed E-state index contributed by atoms with van der Waals surface area (Å²) >= 11 is 0. The van der Waals surface area contributed by atoms with Crippen LogP contribution in [0.25, 0.3) is 0 Å². The number of carbonyl (C=O) groups is 2. The van der Waals surface area contributed by atoms with E-state index in [2.05, 4.69) is 0 Å². The van der Waals surface area contributed by atoms with Crippen LogP contribution in [0.4, 0.5) is 0 Å². The van der Waals surface area contributed by atoms with E-state index in [0.29, 0.717) is 23.3 Å². The molecule has 1 rings (SSSR count). The van der Waals surface area contributed by atoms with Gasteiger partial charge in [0.25, 0.3) is 0 Å². The van der Waals surface area contributed by atoms with E-state index in [-0.39, 0.29) is 5.97 Å². The van der Waals surface area contributed by atoms with E-state index < -0.39 is 0 Å². The maximum Gasteiger partial charge on any atom is 0.338 e. The highest BCUT2D eigenvalue weighted by Crippen LogP contribution is 2.17. The molecular formula is C12H14O3. The third-order valence-corrected chi connectivity index (χ3v) is 2.35. The molecule has 0 aliphatic carbocycles. The first kappa shape index (κ1) is 11.4. The molecule has 0 N–H and O–H groups in total. The second-order valence-corrected chi connectivity index (χ2v) is 3.31. The van der Waals surface area contributed by atoms with Crippen molar-refractivity contribution in [2.45, 2.75) is 20.8 Å². The molecule has 0 fully saturated rings. The molecule has 0 aliphatic heterocycles. The number of hydrogen-bond donors (Lipinski definition) is 0. The molecule has 0 spiro atoms. The summed E-state index contributed by atoms with van der Waals surface area (Å²) in [7, 11) is 0. The number of carbonyl (C=O) groups excluding carboxylic acids is 2. The normalized spacial score (nSPS) is 9.80. The van der Waals surface area contributed by atoms with E-state index in [1.165, 1.54) is 0 Å². The Bertz CT molecular complexity index is 394. The van der Waals surface area contributed by atoms with Gasteiger partial charge in [-0.05, 0) is 38.0 Å². The van der Waals surface area contributed by atoms with Gasteiger partial charge in [-0.25, -0.2) is 4.79 Å². The lowest BCUT2D eigenvalue weighted by atomic mass is 9.99. The van der Waals surface area contributed by atoms with Gasteiger partial charge in [-0.2, -0.15) is 0 Å². The van der Waals surface area contributed by atoms with Gasteiger partial charge < -0.3 is 4.74 Å². The maximum absolute atomic E-state index is 11.5. The fraction of sp³-hybridized carbons (Fsp3) is 0.333. The van der Waals surface area contributed by atoms with Crippen LogP contribution in [0.5, 0.6) is 0 Å². The van der Waals surface area contributed by atoms with E-state index >= 15 is 0 Å². The minimum atomic E-state index is -0.377. The lowest BCUT2D eigenvalue weighted by Crippen LogP contribution is -2.08. The average molecular weight is 206 g/mol. The Morgan fingerprint density at radius 3 is 2.60 bits per heavy atom. The van der Waals surface area contributed by atoms with Gasteiger partial charge >= 0.3 is 5.97 Å². The molecule has 0 radical (unpaired) electrons. The Labute approximate surface area is 89.1 Å². The minimum Gasteiger partial charge on any atom is -0.462 e. The van der Waals surface area contributed by atoms with Crippen LogP contribution in [0, 0.1) is 13.8 Å². The summed E-state index contributed by atoms with van der Waals surface area (Å²) in [6.07, 6.45) is 0.771.